The maximum absolute atomic E-state index is 12.8. The average Bonchev–Trinajstić information content (AvgIpc) is 2.66. The van der Waals surface area contributed by atoms with Crippen LogP contribution in [0.5, 0.6) is 5.75 Å². The van der Waals surface area contributed by atoms with Gasteiger partial charge >= 0.3 is 0 Å². The van der Waals surface area contributed by atoms with Crippen molar-refractivity contribution in [2.75, 3.05) is 13.7 Å². The van der Waals surface area contributed by atoms with E-state index in [9.17, 15) is 9.59 Å². The van der Waals surface area contributed by atoms with Gasteiger partial charge in [0.05, 0.1) is 0 Å². The van der Waals surface area contributed by atoms with Crippen LogP contribution in [0.3, 0.4) is 0 Å². The first-order valence-corrected chi connectivity index (χ1v) is 9.99. The molecule has 0 fully saturated rings. The summed E-state index contributed by atoms with van der Waals surface area (Å²) < 4.78 is 6.64. The van der Waals surface area contributed by atoms with Gasteiger partial charge in [0, 0.05) is 32.8 Å². The molecule has 27 heavy (non-hydrogen) atoms. The van der Waals surface area contributed by atoms with Crippen molar-refractivity contribution in [3.05, 3.63) is 61.6 Å². The van der Waals surface area contributed by atoms with E-state index in [4.69, 9.17) is 27.9 Å². The van der Waals surface area contributed by atoms with Crippen LogP contribution in [0.1, 0.15) is 12.5 Å². The standard InChI is InChI=1S/C19H19Cl2IN2O3/c1-12(19(26)23-2)24(10-15-16(20)4-3-5-17(15)21)18(25)11-27-14-8-6-13(22)7-9-14/h3-9,12H,10-11H2,1-2H3,(H,23,26). The molecule has 0 heterocycles. The molecule has 1 unspecified atom stereocenters. The zero-order chi connectivity index (χ0) is 20.0. The number of nitrogens with zero attached hydrogens (tertiary/aromatic N) is 1. The number of halogens is 3. The maximum Gasteiger partial charge on any atom is 0.261 e. The summed E-state index contributed by atoms with van der Waals surface area (Å²) in [4.78, 5) is 26.3. The number of carbonyl (C=O) groups is 2. The minimum absolute atomic E-state index is 0.0992. The summed E-state index contributed by atoms with van der Waals surface area (Å²) in [7, 11) is 1.52. The first kappa shape index (κ1) is 21.8. The molecule has 2 amide bonds. The lowest BCUT2D eigenvalue weighted by atomic mass is 10.1. The Balaban J connectivity index is 2.19. The van der Waals surface area contributed by atoms with Crippen molar-refractivity contribution < 1.29 is 14.3 Å². The fourth-order valence-electron chi connectivity index (χ4n) is 2.40. The van der Waals surface area contributed by atoms with E-state index in [1.807, 2.05) is 12.1 Å². The molecule has 1 atom stereocenters. The van der Waals surface area contributed by atoms with Crippen LogP contribution in [-0.2, 0) is 16.1 Å². The number of benzene rings is 2. The van der Waals surface area contributed by atoms with Crippen molar-refractivity contribution in [1.29, 1.82) is 0 Å². The smallest absolute Gasteiger partial charge is 0.261 e. The number of hydrogen-bond acceptors (Lipinski definition) is 3. The Kier molecular flexibility index (Phi) is 8.19. The van der Waals surface area contributed by atoms with Gasteiger partial charge in [0.1, 0.15) is 11.8 Å². The minimum Gasteiger partial charge on any atom is -0.484 e. The van der Waals surface area contributed by atoms with Crippen molar-refractivity contribution in [2.45, 2.75) is 19.5 Å². The van der Waals surface area contributed by atoms with Crippen LogP contribution < -0.4 is 10.1 Å². The highest BCUT2D eigenvalue weighted by atomic mass is 127. The van der Waals surface area contributed by atoms with E-state index in [2.05, 4.69) is 27.9 Å². The highest BCUT2D eigenvalue weighted by molar-refractivity contribution is 14.1. The number of carbonyl (C=O) groups excluding carboxylic acids is 2. The molecule has 2 aromatic carbocycles. The van der Waals surface area contributed by atoms with Crippen molar-refractivity contribution in [3.8, 4) is 5.75 Å². The molecule has 0 bridgehead atoms. The molecule has 2 aromatic rings. The summed E-state index contributed by atoms with van der Waals surface area (Å²) in [6.45, 7) is 1.54. The Hall–Kier alpha value is -1.51. The van der Waals surface area contributed by atoms with E-state index < -0.39 is 6.04 Å². The summed E-state index contributed by atoms with van der Waals surface area (Å²) in [6, 6.07) is 11.7. The number of ether oxygens (including phenoxy) is 1. The van der Waals surface area contributed by atoms with Crippen LogP contribution >= 0.6 is 45.8 Å². The lowest BCUT2D eigenvalue weighted by molar-refractivity contribution is -0.142. The van der Waals surface area contributed by atoms with Gasteiger partial charge < -0.3 is 15.0 Å². The molecule has 0 spiro atoms. The Morgan fingerprint density at radius 2 is 1.74 bits per heavy atom. The second-order valence-corrected chi connectivity index (χ2v) is 7.81. The number of hydrogen-bond donors (Lipinski definition) is 1. The van der Waals surface area contributed by atoms with Gasteiger partial charge in [0.15, 0.2) is 6.61 Å². The first-order valence-electron chi connectivity index (χ1n) is 8.15. The molecule has 1 N–H and O–H groups in total. The molecule has 144 valence electrons. The van der Waals surface area contributed by atoms with Crippen molar-refractivity contribution in [1.82, 2.24) is 10.2 Å². The van der Waals surface area contributed by atoms with Gasteiger partial charge in [-0.2, -0.15) is 0 Å². The molecule has 0 aliphatic carbocycles. The van der Waals surface area contributed by atoms with Crippen LogP contribution in [-0.4, -0.2) is 36.4 Å². The van der Waals surface area contributed by atoms with E-state index >= 15 is 0 Å². The SMILES string of the molecule is CNC(=O)C(C)N(Cc1c(Cl)cccc1Cl)C(=O)COc1ccc(I)cc1. The highest BCUT2D eigenvalue weighted by Gasteiger charge is 2.27. The Morgan fingerprint density at radius 1 is 1.15 bits per heavy atom. The van der Waals surface area contributed by atoms with E-state index in [1.54, 1.807) is 37.3 Å². The number of nitrogens with one attached hydrogen (secondary N) is 1. The van der Waals surface area contributed by atoms with E-state index in [-0.39, 0.29) is 25.0 Å². The third-order valence-corrected chi connectivity index (χ3v) is 5.41. The van der Waals surface area contributed by atoms with Gasteiger partial charge in [0.2, 0.25) is 5.91 Å². The van der Waals surface area contributed by atoms with Gasteiger partial charge in [-0.15, -0.1) is 0 Å². The van der Waals surface area contributed by atoms with Gasteiger partial charge in [-0.25, -0.2) is 0 Å². The minimum atomic E-state index is -0.713. The topological polar surface area (TPSA) is 58.6 Å². The third-order valence-electron chi connectivity index (χ3n) is 3.98. The number of rotatable bonds is 7. The molecule has 0 aromatic heterocycles. The molecule has 2 rings (SSSR count). The lowest BCUT2D eigenvalue weighted by Gasteiger charge is -2.29. The average molecular weight is 521 g/mol. The van der Waals surface area contributed by atoms with Crippen molar-refractivity contribution in [2.24, 2.45) is 0 Å². The van der Waals surface area contributed by atoms with Crippen LogP contribution in [0.25, 0.3) is 0 Å². The molecule has 5 nitrogen and oxygen atoms in total. The lowest BCUT2D eigenvalue weighted by Crippen LogP contribution is -2.48. The second kappa shape index (κ2) is 10.1. The van der Waals surface area contributed by atoms with E-state index in [0.29, 0.717) is 21.4 Å². The van der Waals surface area contributed by atoms with Crippen LogP contribution in [0, 0.1) is 3.57 Å². The van der Waals surface area contributed by atoms with E-state index in [0.717, 1.165) is 3.57 Å². The summed E-state index contributed by atoms with van der Waals surface area (Å²) in [6.07, 6.45) is 0. The molecule has 0 saturated heterocycles. The summed E-state index contributed by atoms with van der Waals surface area (Å²) in [5, 5.41) is 3.42. The first-order chi connectivity index (χ1) is 12.8. The largest absolute Gasteiger partial charge is 0.484 e. The normalized spacial score (nSPS) is 11.6. The van der Waals surface area contributed by atoms with Gasteiger partial charge in [-0.05, 0) is 65.9 Å². The second-order valence-electron chi connectivity index (χ2n) is 5.75. The molecule has 8 heteroatoms. The number of likely N-dealkylation sites (N-methyl/N-ethyl adjacent to an activating group) is 1. The van der Waals surface area contributed by atoms with Crippen molar-refractivity contribution in [3.63, 3.8) is 0 Å². The number of amides is 2. The highest BCUT2D eigenvalue weighted by Crippen LogP contribution is 2.26. The third kappa shape index (κ3) is 5.99. The van der Waals surface area contributed by atoms with Crippen LogP contribution in [0.15, 0.2) is 42.5 Å². The zero-order valence-corrected chi connectivity index (χ0v) is 18.5. The summed E-state index contributed by atoms with van der Waals surface area (Å²) >= 11 is 14.6. The maximum atomic E-state index is 12.8. The predicted molar refractivity (Wildman–Crippen MR) is 115 cm³/mol. The Bertz CT molecular complexity index is 795. The monoisotopic (exact) mass is 520 g/mol. The van der Waals surface area contributed by atoms with Crippen LogP contribution in [0.4, 0.5) is 0 Å². The molecule has 0 radical (unpaired) electrons. The molecule has 0 aliphatic rings. The van der Waals surface area contributed by atoms with Gasteiger partial charge in [-0.1, -0.05) is 29.3 Å². The molecular formula is C19H19Cl2IN2O3. The Morgan fingerprint density at radius 3 is 2.30 bits per heavy atom. The molecular weight excluding hydrogens is 502 g/mol. The van der Waals surface area contributed by atoms with Crippen LogP contribution in [0.2, 0.25) is 10.0 Å². The molecule has 0 aliphatic heterocycles. The van der Waals surface area contributed by atoms with Gasteiger partial charge in [-0.3, -0.25) is 9.59 Å². The Labute approximate surface area is 182 Å². The fourth-order valence-corrected chi connectivity index (χ4v) is 3.28. The quantitative estimate of drug-likeness (QED) is 0.558. The predicted octanol–water partition coefficient (Wildman–Crippen LogP) is 4.14. The molecule has 0 saturated carbocycles. The summed E-state index contributed by atoms with van der Waals surface area (Å²) in [5.41, 5.74) is 0.583. The van der Waals surface area contributed by atoms with Gasteiger partial charge in [0.25, 0.3) is 5.91 Å². The van der Waals surface area contributed by atoms with Crippen molar-refractivity contribution >= 4 is 57.6 Å². The fraction of sp³-hybridized carbons (Fsp3) is 0.263. The summed E-state index contributed by atoms with van der Waals surface area (Å²) in [5.74, 6) is -0.0616. The zero-order valence-electron chi connectivity index (χ0n) is 14.8. The van der Waals surface area contributed by atoms with E-state index in [1.165, 1.54) is 11.9 Å².